The van der Waals surface area contributed by atoms with Crippen LogP contribution in [0.1, 0.15) is 31.4 Å². The number of carbonyl (C=O) groups is 1. The van der Waals surface area contributed by atoms with Crippen molar-refractivity contribution in [3.63, 3.8) is 0 Å². The van der Waals surface area contributed by atoms with Crippen LogP contribution in [0.15, 0.2) is 35.1 Å². The summed E-state index contributed by atoms with van der Waals surface area (Å²) in [5.74, 6) is 0.348. The second kappa shape index (κ2) is 9.60. The van der Waals surface area contributed by atoms with Crippen molar-refractivity contribution in [3.05, 3.63) is 51.2 Å². The third-order valence-corrected chi connectivity index (χ3v) is 5.33. The summed E-state index contributed by atoms with van der Waals surface area (Å²) in [6, 6.07) is 3.25. The number of hydrogen-bond donors (Lipinski definition) is 0. The number of halogens is 5. The number of alkyl halides is 3. The summed E-state index contributed by atoms with van der Waals surface area (Å²) in [6.45, 7) is 4.45. The predicted molar refractivity (Wildman–Crippen MR) is 114 cm³/mol. The van der Waals surface area contributed by atoms with E-state index in [1.165, 1.54) is 6.07 Å². The van der Waals surface area contributed by atoms with Crippen LogP contribution in [0.4, 0.5) is 23.9 Å². The van der Waals surface area contributed by atoms with Crippen molar-refractivity contribution in [2.24, 2.45) is 0 Å². The van der Waals surface area contributed by atoms with E-state index in [4.69, 9.17) is 16.3 Å². The highest BCUT2D eigenvalue weighted by molar-refractivity contribution is 9.10. The molecule has 0 saturated carbocycles. The van der Waals surface area contributed by atoms with E-state index >= 15 is 0 Å². The molecule has 1 unspecified atom stereocenters. The summed E-state index contributed by atoms with van der Waals surface area (Å²) >= 11 is 9.24. The van der Waals surface area contributed by atoms with Gasteiger partial charge in [-0.05, 0) is 60.0 Å². The zero-order chi connectivity index (χ0) is 22.8. The van der Waals surface area contributed by atoms with Crippen molar-refractivity contribution in [1.82, 2.24) is 14.9 Å². The van der Waals surface area contributed by atoms with Crippen LogP contribution >= 0.6 is 27.5 Å². The van der Waals surface area contributed by atoms with Crippen LogP contribution in [0.25, 0.3) is 0 Å². The molecule has 6 nitrogen and oxygen atoms in total. The lowest BCUT2D eigenvalue weighted by atomic mass is 10.1. The smallest absolute Gasteiger partial charge is 0.416 e. The number of hydrogen-bond acceptors (Lipinski definition) is 5. The van der Waals surface area contributed by atoms with E-state index in [9.17, 15) is 18.0 Å². The molecule has 2 aromatic rings. The third kappa shape index (κ3) is 6.22. The summed E-state index contributed by atoms with van der Waals surface area (Å²) in [5.41, 5.74) is -0.449. The minimum absolute atomic E-state index is 0.00457. The van der Waals surface area contributed by atoms with Gasteiger partial charge in [0.1, 0.15) is 0 Å². The highest BCUT2D eigenvalue weighted by atomic mass is 79.9. The molecular formula is C20H21BrClF3N4O2. The number of ether oxygens (including phenoxy) is 1. The van der Waals surface area contributed by atoms with Gasteiger partial charge in [0.05, 0.1) is 22.2 Å². The van der Waals surface area contributed by atoms with Gasteiger partial charge in [-0.3, -0.25) is 0 Å². The third-order valence-electron chi connectivity index (χ3n) is 4.70. The van der Waals surface area contributed by atoms with Crippen molar-refractivity contribution in [2.75, 3.05) is 18.0 Å². The first-order chi connectivity index (χ1) is 14.5. The average molecular weight is 522 g/mol. The van der Waals surface area contributed by atoms with Gasteiger partial charge < -0.3 is 14.5 Å². The highest BCUT2D eigenvalue weighted by Gasteiger charge is 2.34. The first-order valence-electron chi connectivity index (χ1n) is 9.59. The fourth-order valence-corrected chi connectivity index (χ4v) is 3.82. The molecule has 1 amide bonds. The largest absolute Gasteiger partial charge is 0.447 e. The maximum atomic E-state index is 13.2. The molecule has 1 aliphatic rings. The van der Waals surface area contributed by atoms with Crippen LogP contribution < -0.4 is 4.90 Å². The summed E-state index contributed by atoms with van der Waals surface area (Å²) in [5, 5.41) is -0.00457. The standard InChI is InChI=1S/C20H21BrClF3N4O2/c1-12(2)31-19(30)28-4-3-17(11-28)29(18-26-8-15(21)9-27-18)10-13-5-14(20(23,24)25)7-16(22)6-13/h5-9,12,17H,3-4,10-11H2,1-2H3. The van der Waals surface area contributed by atoms with E-state index in [0.29, 0.717) is 35.5 Å². The maximum Gasteiger partial charge on any atom is 0.416 e. The van der Waals surface area contributed by atoms with Crippen molar-refractivity contribution >= 4 is 39.6 Å². The fourth-order valence-electron chi connectivity index (χ4n) is 3.36. The average Bonchev–Trinajstić information content (AvgIpc) is 3.15. The van der Waals surface area contributed by atoms with Gasteiger partial charge in [-0.25, -0.2) is 14.8 Å². The molecular weight excluding hydrogens is 501 g/mol. The second-order valence-electron chi connectivity index (χ2n) is 7.50. The van der Waals surface area contributed by atoms with Crippen LogP contribution in [-0.4, -0.2) is 46.2 Å². The molecule has 0 aliphatic carbocycles. The SMILES string of the molecule is CC(C)OC(=O)N1CCC(N(Cc2cc(Cl)cc(C(F)(F)F)c2)c2ncc(Br)cn2)C1. The van der Waals surface area contributed by atoms with Gasteiger partial charge >= 0.3 is 12.3 Å². The van der Waals surface area contributed by atoms with E-state index < -0.39 is 17.8 Å². The quantitative estimate of drug-likeness (QED) is 0.517. The van der Waals surface area contributed by atoms with Crippen molar-refractivity contribution in [2.45, 2.75) is 45.1 Å². The molecule has 1 atom stereocenters. The van der Waals surface area contributed by atoms with Gasteiger partial charge in [0.25, 0.3) is 0 Å². The number of anilines is 1. The Kier molecular flexibility index (Phi) is 7.31. The molecule has 3 rings (SSSR count). The molecule has 1 aliphatic heterocycles. The van der Waals surface area contributed by atoms with Gasteiger partial charge in [0.2, 0.25) is 5.95 Å². The Morgan fingerprint density at radius 2 is 2.00 bits per heavy atom. The Hall–Kier alpha value is -2.07. The molecule has 1 saturated heterocycles. The Morgan fingerprint density at radius 3 is 2.61 bits per heavy atom. The summed E-state index contributed by atoms with van der Waals surface area (Å²) in [7, 11) is 0. The highest BCUT2D eigenvalue weighted by Crippen LogP contribution is 2.33. The predicted octanol–water partition coefficient (Wildman–Crippen LogP) is 5.54. The Bertz CT molecular complexity index is 928. The molecule has 0 N–H and O–H groups in total. The molecule has 0 spiro atoms. The van der Waals surface area contributed by atoms with Crippen LogP contribution in [0.3, 0.4) is 0 Å². The van der Waals surface area contributed by atoms with Crippen LogP contribution in [0, 0.1) is 0 Å². The number of benzene rings is 1. The van der Waals surface area contributed by atoms with Gasteiger partial charge in [0.15, 0.2) is 0 Å². The molecule has 168 valence electrons. The number of carbonyl (C=O) groups excluding carboxylic acids is 1. The lowest BCUT2D eigenvalue weighted by Crippen LogP contribution is -2.40. The normalized spacial score (nSPS) is 16.6. The van der Waals surface area contributed by atoms with Crippen molar-refractivity contribution in [1.29, 1.82) is 0 Å². The molecule has 1 aromatic heterocycles. The monoisotopic (exact) mass is 520 g/mol. The van der Waals surface area contributed by atoms with Gasteiger partial charge in [0, 0.05) is 37.1 Å². The van der Waals surface area contributed by atoms with Crippen LogP contribution in [0.5, 0.6) is 0 Å². The minimum Gasteiger partial charge on any atom is -0.447 e. The Balaban J connectivity index is 1.88. The number of likely N-dealkylation sites (tertiary alicyclic amines) is 1. The summed E-state index contributed by atoms with van der Waals surface area (Å²) in [6.07, 6.45) is -1.45. The number of nitrogens with zero attached hydrogens (tertiary/aromatic N) is 4. The maximum absolute atomic E-state index is 13.2. The van der Waals surface area contributed by atoms with Crippen molar-refractivity contribution in [3.8, 4) is 0 Å². The lowest BCUT2D eigenvalue weighted by molar-refractivity contribution is -0.137. The van der Waals surface area contributed by atoms with Gasteiger partial charge in [-0.2, -0.15) is 13.2 Å². The zero-order valence-corrected chi connectivity index (χ0v) is 19.2. The molecule has 31 heavy (non-hydrogen) atoms. The lowest BCUT2D eigenvalue weighted by Gasteiger charge is -2.29. The van der Waals surface area contributed by atoms with E-state index in [0.717, 1.165) is 12.1 Å². The summed E-state index contributed by atoms with van der Waals surface area (Å²) in [4.78, 5) is 24.3. The second-order valence-corrected chi connectivity index (χ2v) is 8.85. The number of rotatable bonds is 5. The molecule has 11 heteroatoms. The van der Waals surface area contributed by atoms with E-state index in [-0.39, 0.29) is 23.7 Å². The first-order valence-corrected chi connectivity index (χ1v) is 10.8. The number of amides is 1. The summed E-state index contributed by atoms with van der Waals surface area (Å²) < 4.78 is 45.6. The minimum atomic E-state index is -4.51. The topological polar surface area (TPSA) is 58.6 Å². The Labute approximate surface area is 191 Å². The molecule has 1 aromatic carbocycles. The number of aromatic nitrogens is 2. The van der Waals surface area contributed by atoms with Crippen LogP contribution in [0.2, 0.25) is 5.02 Å². The Morgan fingerprint density at radius 1 is 1.32 bits per heavy atom. The zero-order valence-electron chi connectivity index (χ0n) is 16.9. The molecule has 0 bridgehead atoms. The van der Waals surface area contributed by atoms with Gasteiger partial charge in [-0.15, -0.1) is 0 Å². The van der Waals surface area contributed by atoms with E-state index in [2.05, 4.69) is 25.9 Å². The van der Waals surface area contributed by atoms with E-state index in [1.807, 2.05) is 0 Å². The first kappa shape index (κ1) is 23.6. The molecule has 1 fully saturated rings. The van der Waals surface area contributed by atoms with Crippen molar-refractivity contribution < 1.29 is 22.7 Å². The fraction of sp³-hybridized carbons (Fsp3) is 0.450. The van der Waals surface area contributed by atoms with Gasteiger partial charge in [-0.1, -0.05) is 11.6 Å². The van der Waals surface area contributed by atoms with Crippen LogP contribution in [-0.2, 0) is 17.5 Å². The van der Waals surface area contributed by atoms with E-state index in [1.54, 1.807) is 36.0 Å². The molecule has 0 radical (unpaired) electrons. The molecule has 2 heterocycles.